The van der Waals surface area contributed by atoms with Crippen LogP contribution in [0.4, 0.5) is 10.1 Å². The lowest BCUT2D eigenvalue weighted by Gasteiger charge is -2.13. The summed E-state index contributed by atoms with van der Waals surface area (Å²) in [6.07, 6.45) is 1.04. The van der Waals surface area contributed by atoms with Crippen LogP contribution in [0.5, 0.6) is 11.5 Å². The lowest BCUT2D eigenvalue weighted by Crippen LogP contribution is -2.23. The molecule has 3 N–H and O–H groups in total. The minimum absolute atomic E-state index is 0.00446. The maximum atomic E-state index is 15.2. The van der Waals surface area contributed by atoms with Gasteiger partial charge in [-0.05, 0) is 42.5 Å². The Morgan fingerprint density at radius 2 is 1.92 bits per heavy atom. The highest BCUT2D eigenvalue weighted by Crippen LogP contribution is 2.35. The Morgan fingerprint density at radius 1 is 1.14 bits per heavy atom. The first-order chi connectivity index (χ1) is 17.0. The van der Waals surface area contributed by atoms with Gasteiger partial charge in [-0.2, -0.15) is 5.26 Å². The lowest BCUT2D eigenvalue weighted by molar-refractivity contribution is 0.0946. The summed E-state index contributed by atoms with van der Waals surface area (Å²) < 4.78 is 46.0. The zero-order valence-electron chi connectivity index (χ0n) is 18.5. The molecule has 0 fully saturated rings. The summed E-state index contributed by atoms with van der Waals surface area (Å²) in [5.41, 5.74) is 1.43. The van der Waals surface area contributed by atoms with E-state index in [1.54, 1.807) is 24.3 Å². The molecule has 0 saturated carbocycles. The standard InChI is InChI=1S/C24H17Cl2FN4O4S/c1-36(33,34)31-17-4-2-14-8-21(30-20(14)10-17)24(32)29-12-15-3-5-19(26)23(22(15)27)35-18-7-13(11-28)6-16(25)9-18/h2-10,30-31H,12H2,1H3,(H,29,32). The molecule has 1 amide bonds. The molecule has 3 aromatic carbocycles. The van der Waals surface area contributed by atoms with Crippen LogP contribution in [0, 0.1) is 17.1 Å². The summed E-state index contributed by atoms with van der Waals surface area (Å²) in [4.78, 5) is 15.6. The number of nitrogens with zero attached hydrogens (tertiary/aromatic N) is 1. The number of carbonyl (C=O) groups is 1. The van der Waals surface area contributed by atoms with Crippen molar-refractivity contribution in [2.24, 2.45) is 0 Å². The number of benzene rings is 3. The van der Waals surface area contributed by atoms with E-state index in [0.29, 0.717) is 16.6 Å². The quantitative estimate of drug-likeness (QED) is 0.279. The van der Waals surface area contributed by atoms with Gasteiger partial charge in [0.2, 0.25) is 10.0 Å². The Labute approximate surface area is 215 Å². The number of H-pyrrole nitrogens is 1. The van der Waals surface area contributed by atoms with Crippen molar-refractivity contribution in [1.82, 2.24) is 10.3 Å². The molecule has 4 aromatic rings. The van der Waals surface area contributed by atoms with E-state index in [4.69, 9.17) is 33.2 Å². The highest BCUT2D eigenvalue weighted by molar-refractivity contribution is 7.92. The Morgan fingerprint density at radius 3 is 2.64 bits per heavy atom. The second-order valence-electron chi connectivity index (χ2n) is 7.78. The van der Waals surface area contributed by atoms with Crippen LogP contribution in [0.1, 0.15) is 21.6 Å². The number of halogens is 3. The van der Waals surface area contributed by atoms with Crippen LogP contribution in [0.3, 0.4) is 0 Å². The lowest BCUT2D eigenvalue weighted by atomic mass is 10.2. The number of nitriles is 1. The fraction of sp³-hybridized carbons (Fsp3) is 0.0833. The number of carbonyl (C=O) groups excluding carboxylic acids is 1. The second-order valence-corrected chi connectivity index (χ2v) is 10.4. The topological polar surface area (TPSA) is 124 Å². The maximum Gasteiger partial charge on any atom is 0.267 e. The molecule has 0 aliphatic heterocycles. The monoisotopic (exact) mass is 546 g/mol. The Bertz CT molecular complexity index is 1650. The molecule has 36 heavy (non-hydrogen) atoms. The molecular weight excluding hydrogens is 530 g/mol. The molecule has 0 radical (unpaired) electrons. The van der Waals surface area contributed by atoms with Gasteiger partial charge in [0.1, 0.15) is 11.4 Å². The van der Waals surface area contributed by atoms with Gasteiger partial charge >= 0.3 is 0 Å². The van der Waals surface area contributed by atoms with Gasteiger partial charge in [0.25, 0.3) is 5.91 Å². The predicted octanol–water partition coefficient (Wildman–Crippen LogP) is 5.58. The van der Waals surface area contributed by atoms with Crippen LogP contribution < -0.4 is 14.8 Å². The number of nitrogens with one attached hydrogen (secondary N) is 3. The van der Waals surface area contributed by atoms with Crippen LogP contribution in [-0.2, 0) is 16.6 Å². The third-order valence-corrected chi connectivity index (χ3v) is 6.08. The highest BCUT2D eigenvalue weighted by Gasteiger charge is 2.17. The van der Waals surface area contributed by atoms with Gasteiger partial charge in [-0.3, -0.25) is 9.52 Å². The van der Waals surface area contributed by atoms with E-state index in [0.717, 1.165) is 6.26 Å². The molecule has 0 saturated heterocycles. The molecule has 0 bridgehead atoms. The highest BCUT2D eigenvalue weighted by atomic mass is 35.5. The summed E-state index contributed by atoms with van der Waals surface area (Å²) in [6, 6.07) is 15.4. The molecule has 4 rings (SSSR count). The van der Waals surface area contributed by atoms with Crippen molar-refractivity contribution in [2.45, 2.75) is 6.54 Å². The summed E-state index contributed by atoms with van der Waals surface area (Å²) in [7, 11) is -3.45. The van der Waals surface area contributed by atoms with Crippen molar-refractivity contribution in [1.29, 1.82) is 5.26 Å². The van der Waals surface area contributed by atoms with Crippen LogP contribution in [-0.4, -0.2) is 25.6 Å². The zero-order chi connectivity index (χ0) is 26.0. The van der Waals surface area contributed by atoms with Crippen molar-refractivity contribution >= 4 is 55.7 Å². The van der Waals surface area contributed by atoms with Crippen LogP contribution in [0.25, 0.3) is 10.9 Å². The molecule has 184 valence electrons. The Hall–Kier alpha value is -3.78. The zero-order valence-corrected chi connectivity index (χ0v) is 20.9. The molecular formula is C24H17Cl2FN4O4S. The van der Waals surface area contributed by atoms with Crippen LogP contribution in [0.15, 0.2) is 54.6 Å². The molecule has 1 heterocycles. The van der Waals surface area contributed by atoms with Gasteiger partial charge in [-0.25, -0.2) is 12.8 Å². The van der Waals surface area contributed by atoms with Crippen molar-refractivity contribution in [3.8, 4) is 17.6 Å². The SMILES string of the molecule is CS(=O)(=O)Nc1ccc2cc(C(=O)NCc3ccc(Cl)c(Oc4cc(Cl)cc(C#N)c4)c3F)[nH]c2c1. The molecule has 0 aliphatic rings. The minimum atomic E-state index is -3.45. The number of aromatic amines is 1. The van der Waals surface area contributed by atoms with E-state index < -0.39 is 21.7 Å². The number of hydrogen-bond donors (Lipinski definition) is 3. The first-order valence-corrected chi connectivity index (χ1v) is 12.9. The summed E-state index contributed by atoms with van der Waals surface area (Å²) >= 11 is 12.1. The van der Waals surface area contributed by atoms with E-state index in [9.17, 15) is 13.2 Å². The van der Waals surface area contributed by atoms with Gasteiger partial charge in [0.05, 0.1) is 28.6 Å². The van der Waals surface area contributed by atoms with E-state index in [2.05, 4.69) is 15.0 Å². The average Bonchev–Trinajstić information content (AvgIpc) is 3.23. The summed E-state index contributed by atoms with van der Waals surface area (Å²) in [5.74, 6) is -1.43. The smallest absolute Gasteiger partial charge is 0.267 e. The van der Waals surface area contributed by atoms with E-state index >= 15 is 4.39 Å². The number of sulfonamides is 1. The van der Waals surface area contributed by atoms with Gasteiger partial charge < -0.3 is 15.0 Å². The van der Waals surface area contributed by atoms with Gasteiger partial charge in [0, 0.05) is 28.0 Å². The van der Waals surface area contributed by atoms with Crippen molar-refractivity contribution in [3.63, 3.8) is 0 Å². The van der Waals surface area contributed by atoms with Crippen molar-refractivity contribution < 1.29 is 22.3 Å². The fourth-order valence-electron chi connectivity index (χ4n) is 3.41. The third-order valence-electron chi connectivity index (χ3n) is 4.96. The fourth-order valence-corrected chi connectivity index (χ4v) is 4.37. The number of ether oxygens (including phenoxy) is 1. The van der Waals surface area contributed by atoms with Crippen LogP contribution in [0.2, 0.25) is 10.0 Å². The van der Waals surface area contributed by atoms with E-state index in [1.165, 1.54) is 30.3 Å². The predicted molar refractivity (Wildman–Crippen MR) is 136 cm³/mol. The molecule has 8 nitrogen and oxygen atoms in total. The first-order valence-electron chi connectivity index (χ1n) is 10.3. The van der Waals surface area contributed by atoms with Crippen LogP contribution >= 0.6 is 23.2 Å². The normalized spacial score (nSPS) is 11.2. The average molecular weight is 547 g/mol. The van der Waals surface area contributed by atoms with Crippen molar-refractivity contribution in [3.05, 3.63) is 87.3 Å². The third kappa shape index (κ3) is 5.88. The summed E-state index contributed by atoms with van der Waals surface area (Å²) in [6.45, 7) is -0.173. The molecule has 0 aliphatic carbocycles. The maximum absolute atomic E-state index is 15.2. The molecule has 1 aromatic heterocycles. The Balaban J connectivity index is 1.51. The molecule has 0 unspecified atom stereocenters. The number of fused-ring (bicyclic) bond motifs is 1. The van der Waals surface area contributed by atoms with Gasteiger partial charge in [-0.1, -0.05) is 35.3 Å². The van der Waals surface area contributed by atoms with E-state index in [-0.39, 0.29) is 44.9 Å². The number of aromatic nitrogens is 1. The Kier molecular flexibility index (Phi) is 7.08. The van der Waals surface area contributed by atoms with Crippen molar-refractivity contribution in [2.75, 3.05) is 11.0 Å². The first kappa shape index (κ1) is 25.3. The number of hydrogen-bond acceptors (Lipinski definition) is 5. The molecule has 0 spiro atoms. The second kappa shape index (κ2) is 10.1. The number of rotatable bonds is 7. The summed E-state index contributed by atoms with van der Waals surface area (Å²) in [5, 5.41) is 12.6. The number of anilines is 1. The molecule has 0 atom stereocenters. The van der Waals surface area contributed by atoms with E-state index in [1.807, 2.05) is 6.07 Å². The molecule has 12 heteroatoms. The van der Waals surface area contributed by atoms with Gasteiger partial charge in [-0.15, -0.1) is 0 Å². The largest absolute Gasteiger partial charge is 0.453 e. The van der Waals surface area contributed by atoms with Gasteiger partial charge in [0.15, 0.2) is 11.6 Å². The minimum Gasteiger partial charge on any atom is -0.453 e. The number of amides is 1.